The molecule has 0 saturated carbocycles. The number of likely N-dealkylation sites (tertiary alicyclic amines) is 2. The molecule has 2 aliphatic heterocycles. The summed E-state index contributed by atoms with van der Waals surface area (Å²) < 4.78 is 74.4. The Kier molecular flexibility index (Phi) is 8.71. The first-order valence-electron chi connectivity index (χ1n) is 8.12. The predicted molar refractivity (Wildman–Crippen MR) is 96.8 cm³/mol. The van der Waals surface area contributed by atoms with Gasteiger partial charge in [-0.2, -0.15) is 26.3 Å². The van der Waals surface area contributed by atoms with Gasteiger partial charge in [0, 0.05) is 45.3 Å². The van der Waals surface area contributed by atoms with E-state index in [9.17, 15) is 26.3 Å². The lowest BCUT2D eigenvalue weighted by Crippen LogP contribution is -2.49. The molecule has 2 fully saturated rings. The highest BCUT2D eigenvalue weighted by atomic mass is 127. The molecule has 0 aliphatic carbocycles. The second-order valence-electron chi connectivity index (χ2n) is 6.53. The van der Waals surface area contributed by atoms with Gasteiger partial charge in [0.25, 0.3) is 0 Å². The van der Waals surface area contributed by atoms with Gasteiger partial charge in [0.2, 0.25) is 0 Å². The summed E-state index contributed by atoms with van der Waals surface area (Å²) in [6, 6.07) is -0.331. The Balaban J connectivity index is 0.00000338. The van der Waals surface area contributed by atoms with Crippen LogP contribution in [0.1, 0.15) is 12.8 Å². The van der Waals surface area contributed by atoms with E-state index in [-0.39, 0.29) is 49.1 Å². The molecule has 2 heterocycles. The number of guanidine groups is 1. The molecule has 2 rings (SSSR count). The lowest BCUT2D eigenvalue weighted by molar-refractivity contribution is -0.144. The highest BCUT2D eigenvalue weighted by Gasteiger charge is 2.36. The molecule has 2 atom stereocenters. The molecule has 0 radical (unpaired) electrons. The van der Waals surface area contributed by atoms with Gasteiger partial charge in [0.05, 0.1) is 13.1 Å². The van der Waals surface area contributed by atoms with Crippen LogP contribution in [0.5, 0.6) is 0 Å². The summed E-state index contributed by atoms with van der Waals surface area (Å²) in [6.45, 7) is -0.678. The van der Waals surface area contributed by atoms with Gasteiger partial charge < -0.3 is 10.6 Å². The molecule has 154 valence electrons. The quantitative estimate of drug-likeness (QED) is 0.267. The molecule has 0 aromatic rings. The monoisotopic (exact) mass is 503 g/mol. The molecule has 2 saturated heterocycles. The third-order valence-corrected chi connectivity index (χ3v) is 4.26. The van der Waals surface area contributed by atoms with Crippen LogP contribution >= 0.6 is 24.0 Å². The van der Waals surface area contributed by atoms with Crippen LogP contribution in [0.25, 0.3) is 0 Å². The van der Waals surface area contributed by atoms with E-state index in [1.54, 1.807) is 0 Å². The first-order chi connectivity index (χ1) is 11.5. The standard InChI is InChI=1S/C14H23F6N5.HI/c1-21-12(22-10-2-4-24(6-10)8-13(15,16)17)23-11-3-5-25(7-11)9-14(18,19)20;/h10-11H,2-9H2,1H3,(H2,21,22,23);1H. The van der Waals surface area contributed by atoms with Gasteiger partial charge in [-0.25, -0.2) is 0 Å². The number of hydrogen-bond acceptors (Lipinski definition) is 3. The van der Waals surface area contributed by atoms with E-state index in [4.69, 9.17) is 0 Å². The van der Waals surface area contributed by atoms with Gasteiger partial charge in [-0.05, 0) is 12.8 Å². The number of nitrogens with zero attached hydrogens (tertiary/aromatic N) is 3. The second kappa shape index (κ2) is 9.62. The topological polar surface area (TPSA) is 42.9 Å². The fourth-order valence-electron chi connectivity index (χ4n) is 3.25. The van der Waals surface area contributed by atoms with Gasteiger partial charge in [0.15, 0.2) is 5.96 Å². The number of halogens is 7. The van der Waals surface area contributed by atoms with Crippen LogP contribution in [-0.4, -0.2) is 86.5 Å². The lowest BCUT2D eigenvalue weighted by Gasteiger charge is -2.22. The van der Waals surface area contributed by atoms with E-state index in [1.165, 1.54) is 16.8 Å². The van der Waals surface area contributed by atoms with Crippen molar-refractivity contribution in [2.75, 3.05) is 46.3 Å². The molecule has 26 heavy (non-hydrogen) atoms. The lowest BCUT2D eigenvalue weighted by atomic mass is 10.2. The van der Waals surface area contributed by atoms with Crippen LogP contribution in [0.15, 0.2) is 4.99 Å². The summed E-state index contributed by atoms with van der Waals surface area (Å²) >= 11 is 0. The minimum atomic E-state index is -4.22. The van der Waals surface area contributed by atoms with Crippen molar-refractivity contribution in [3.05, 3.63) is 0 Å². The van der Waals surface area contributed by atoms with Crippen LogP contribution in [-0.2, 0) is 0 Å². The van der Waals surface area contributed by atoms with Gasteiger partial charge in [-0.1, -0.05) is 0 Å². The second-order valence-corrected chi connectivity index (χ2v) is 6.53. The average molecular weight is 503 g/mol. The Morgan fingerprint density at radius 2 is 1.27 bits per heavy atom. The Morgan fingerprint density at radius 1 is 0.885 bits per heavy atom. The van der Waals surface area contributed by atoms with E-state index in [2.05, 4.69) is 15.6 Å². The highest BCUT2D eigenvalue weighted by Crippen LogP contribution is 2.21. The summed E-state index contributed by atoms with van der Waals surface area (Å²) in [4.78, 5) is 6.68. The predicted octanol–water partition coefficient (Wildman–Crippen LogP) is 2.04. The Labute approximate surface area is 165 Å². The van der Waals surface area contributed by atoms with Crippen molar-refractivity contribution < 1.29 is 26.3 Å². The van der Waals surface area contributed by atoms with Gasteiger partial charge in [-0.3, -0.25) is 14.8 Å². The molecule has 0 aromatic carbocycles. The normalized spacial score (nSPS) is 25.0. The number of rotatable bonds is 4. The van der Waals surface area contributed by atoms with Crippen LogP contribution < -0.4 is 10.6 Å². The molecule has 0 bridgehead atoms. The zero-order chi connectivity index (χ0) is 18.7. The number of hydrogen-bond donors (Lipinski definition) is 2. The summed E-state index contributed by atoms with van der Waals surface area (Å²) in [5.41, 5.74) is 0. The van der Waals surface area contributed by atoms with Crippen molar-refractivity contribution in [2.45, 2.75) is 37.3 Å². The van der Waals surface area contributed by atoms with E-state index in [0.717, 1.165) is 0 Å². The molecule has 2 N–H and O–H groups in total. The Bertz CT molecular complexity index is 432. The number of aliphatic imine (C=N–C) groups is 1. The van der Waals surface area contributed by atoms with E-state index in [1.807, 2.05) is 0 Å². The molecule has 2 aliphatic rings. The Morgan fingerprint density at radius 3 is 1.58 bits per heavy atom. The minimum Gasteiger partial charge on any atom is -0.352 e. The van der Waals surface area contributed by atoms with Gasteiger partial charge in [-0.15, -0.1) is 24.0 Å². The van der Waals surface area contributed by atoms with E-state index < -0.39 is 25.4 Å². The third-order valence-electron chi connectivity index (χ3n) is 4.26. The van der Waals surface area contributed by atoms with Gasteiger partial charge in [0.1, 0.15) is 0 Å². The molecule has 12 heteroatoms. The maximum Gasteiger partial charge on any atom is 0.401 e. The summed E-state index contributed by atoms with van der Waals surface area (Å²) in [5.74, 6) is 0.415. The maximum atomic E-state index is 12.4. The fourth-order valence-corrected chi connectivity index (χ4v) is 3.25. The van der Waals surface area contributed by atoms with E-state index >= 15 is 0 Å². The largest absolute Gasteiger partial charge is 0.401 e. The van der Waals surface area contributed by atoms with Crippen LogP contribution in [0.2, 0.25) is 0 Å². The van der Waals surface area contributed by atoms with Crippen molar-refractivity contribution in [3.8, 4) is 0 Å². The van der Waals surface area contributed by atoms with Crippen molar-refractivity contribution in [3.63, 3.8) is 0 Å². The number of nitrogens with one attached hydrogen (secondary N) is 2. The minimum absolute atomic E-state index is 0. The molecule has 0 aromatic heterocycles. The zero-order valence-electron chi connectivity index (χ0n) is 14.3. The molecular formula is C14H24F6IN5. The molecule has 2 unspecified atom stereocenters. The first-order valence-corrected chi connectivity index (χ1v) is 8.12. The van der Waals surface area contributed by atoms with Crippen LogP contribution in [0.4, 0.5) is 26.3 Å². The zero-order valence-corrected chi connectivity index (χ0v) is 16.7. The van der Waals surface area contributed by atoms with E-state index in [0.29, 0.717) is 31.9 Å². The van der Waals surface area contributed by atoms with Crippen molar-refractivity contribution in [2.24, 2.45) is 4.99 Å². The molecule has 5 nitrogen and oxygen atoms in total. The fraction of sp³-hybridized carbons (Fsp3) is 0.929. The first kappa shape index (κ1) is 23.5. The Hall–Kier alpha value is -0.500. The third kappa shape index (κ3) is 8.46. The van der Waals surface area contributed by atoms with Crippen LogP contribution in [0.3, 0.4) is 0 Å². The molecule has 0 spiro atoms. The van der Waals surface area contributed by atoms with Crippen molar-refractivity contribution in [1.82, 2.24) is 20.4 Å². The smallest absolute Gasteiger partial charge is 0.352 e. The van der Waals surface area contributed by atoms with Crippen molar-refractivity contribution >= 4 is 29.9 Å². The van der Waals surface area contributed by atoms with Gasteiger partial charge >= 0.3 is 12.4 Å². The molecular weight excluding hydrogens is 479 g/mol. The summed E-state index contributed by atoms with van der Waals surface area (Å²) in [6.07, 6.45) is -7.33. The van der Waals surface area contributed by atoms with Crippen LogP contribution in [0, 0.1) is 0 Å². The molecule has 0 amide bonds. The maximum absolute atomic E-state index is 12.4. The highest BCUT2D eigenvalue weighted by molar-refractivity contribution is 14.0. The van der Waals surface area contributed by atoms with Crippen molar-refractivity contribution in [1.29, 1.82) is 0 Å². The summed E-state index contributed by atoms with van der Waals surface area (Å²) in [5, 5.41) is 6.12. The SMILES string of the molecule is CN=C(NC1CCN(CC(F)(F)F)C1)NC1CCN(CC(F)(F)F)C1.I. The number of alkyl halides is 6. The summed E-state index contributed by atoms with van der Waals surface area (Å²) in [7, 11) is 1.53. The average Bonchev–Trinajstić information content (AvgIpc) is 3.04.